The third-order valence-corrected chi connectivity index (χ3v) is 10.3. The monoisotopic (exact) mass is 596 g/mol. The molecule has 8 aromatic rings. The fraction of sp³-hybridized carbons (Fsp3) is 0.182. The number of fused-ring (bicyclic) bond motifs is 6. The van der Waals surface area contributed by atoms with Crippen LogP contribution in [0.1, 0.15) is 63.5 Å². The zero-order valence-corrected chi connectivity index (χ0v) is 27.2. The summed E-state index contributed by atoms with van der Waals surface area (Å²) in [4.78, 5) is 0. The first-order valence-corrected chi connectivity index (χ1v) is 16.8. The topological polar surface area (TPSA) is 9.86 Å². The minimum absolute atomic E-state index is 0.551. The highest BCUT2D eigenvalue weighted by molar-refractivity contribution is 6.10. The van der Waals surface area contributed by atoms with E-state index in [4.69, 9.17) is 0 Å². The lowest BCUT2D eigenvalue weighted by Gasteiger charge is -2.12. The number of nitrogens with zero attached hydrogens (tertiary/aromatic N) is 2. The van der Waals surface area contributed by atoms with Crippen LogP contribution in [0.5, 0.6) is 0 Å². The maximum atomic E-state index is 2.41. The SMILES string of the molecule is CCC(C)c1ccc2c(c1)c1ccccc1n2-c1ccc(-c2ccc(-n3c4ccccc4c4cc(C(C)CC)ccc43)cc2)cc1. The molecule has 2 heterocycles. The van der Waals surface area contributed by atoms with E-state index in [1.807, 2.05) is 0 Å². The molecule has 2 nitrogen and oxygen atoms in total. The van der Waals surface area contributed by atoms with Crippen molar-refractivity contribution >= 4 is 43.6 Å². The highest BCUT2D eigenvalue weighted by Crippen LogP contribution is 2.37. The van der Waals surface area contributed by atoms with Crippen LogP contribution in [0.3, 0.4) is 0 Å². The Kier molecular flexibility index (Phi) is 7.02. The van der Waals surface area contributed by atoms with Gasteiger partial charge in [-0.15, -0.1) is 0 Å². The Morgan fingerprint density at radius 3 is 1.17 bits per heavy atom. The Hall–Kier alpha value is -5.08. The molecular weight excluding hydrogens is 556 g/mol. The smallest absolute Gasteiger partial charge is 0.0541 e. The molecule has 0 amide bonds. The summed E-state index contributed by atoms with van der Waals surface area (Å²) >= 11 is 0. The van der Waals surface area contributed by atoms with E-state index in [1.54, 1.807) is 0 Å². The van der Waals surface area contributed by atoms with Crippen molar-refractivity contribution in [3.63, 3.8) is 0 Å². The molecular formula is C44H40N2. The van der Waals surface area contributed by atoms with Gasteiger partial charge in [0.2, 0.25) is 0 Å². The summed E-state index contributed by atoms with van der Waals surface area (Å²) < 4.78 is 4.82. The summed E-state index contributed by atoms with van der Waals surface area (Å²) in [6.07, 6.45) is 2.29. The maximum Gasteiger partial charge on any atom is 0.0541 e. The average molecular weight is 597 g/mol. The Balaban J connectivity index is 1.16. The van der Waals surface area contributed by atoms with Crippen LogP contribution in [-0.4, -0.2) is 9.13 Å². The van der Waals surface area contributed by atoms with Gasteiger partial charge in [-0.3, -0.25) is 0 Å². The van der Waals surface area contributed by atoms with Crippen LogP contribution in [-0.2, 0) is 0 Å². The minimum atomic E-state index is 0.551. The average Bonchev–Trinajstić information content (AvgIpc) is 3.63. The first-order chi connectivity index (χ1) is 22.6. The largest absolute Gasteiger partial charge is 0.309 e. The van der Waals surface area contributed by atoms with E-state index in [-0.39, 0.29) is 0 Å². The van der Waals surface area contributed by atoms with Crippen molar-refractivity contribution in [2.75, 3.05) is 0 Å². The molecule has 2 unspecified atom stereocenters. The predicted molar refractivity (Wildman–Crippen MR) is 198 cm³/mol. The maximum absolute atomic E-state index is 2.41. The molecule has 0 spiro atoms. The van der Waals surface area contributed by atoms with Gasteiger partial charge in [0.05, 0.1) is 22.1 Å². The molecule has 0 bridgehead atoms. The number of hydrogen-bond donors (Lipinski definition) is 0. The van der Waals surface area contributed by atoms with Crippen LogP contribution in [0.4, 0.5) is 0 Å². The van der Waals surface area contributed by atoms with Gasteiger partial charge in [0, 0.05) is 32.9 Å². The zero-order valence-electron chi connectivity index (χ0n) is 27.2. The summed E-state index contributed by atoms with van der Waals surface area (Å²) in [6, 6.07) is 49.7. The Morgan fingerprint density at radius 1 is 0.413 bits per heavy atom. The molecule has 8 rings (SSSR count). The van der Waals surface area contributed by atoms with Gasteiger partial charge in [0.25, 0.3) is 0 Å². The molecule has 0 aliphatic heterocycles. The molecule has 0 aliphatic carbocycles. The molecule has 0 fully saturated rings. The van der Waals surface area contributed by atoms with Crippen LogP contribution < -0.4 is 0 Å². The van der Waals surface area contributed by atoms with Crippen LogP contribution in [0.2, 0.25) is 0 Å². The number of hydrogen-bond acceptors (Lipinski definition) is 0. The van der Waals surface area contributed by atoms with Crippen LogP contribution in [0, 0.1) is 0 Å². The lowest BCUT2D eigenvalue weighted by atomic mass is 9.97. The summed E-state index contributed by atoms with van der Waals surface area (Å²) in [5, 5.41) is 5.27. The molecule has 2 atom stereocenters. The second-order valence-corrected chi connectivity index (χ2v) is 13.0. The van der Waals surface area contributed by atoms with E-state index < -0.39 is 0 Å². The highest BCUT2D eigenvalue weighted by atomic mass is 15.0. The second kappa shape index (κ2) is 11.4. The lowest BCUT2D eigenvalue weighted by molar-refractivity contribution is 0.735. The van der Waals surface area contributed by atoms with Crippen LogP contribution >= 0.6 is 0 Å². The minimum Gasteiger partial charge on any atom is -0.309 e. The Bertz CT molecular complexity index is 2180. The van der Waals surface area contributed by atoms with E-state index >= 15 is 0 Å². The van der Waals surface area contributed by atoms with Gasteiger partial charge < -0.3 is 9.13 Å². The quantitative estimate of drug-likeness (QED) is 0.173. The van der Waals surface area contributed by atoms with Crippen molar-refractivity contribution < 1.29 is 0 Å². The van der Waals surface area contributed by atoms with E-state index in [0.29, 0.717) is 11.8 Å². The number of rotatable bonds is 7. The van der Waals surface area contributed by atoms with Gasteiger partial charge in [0.15, 0.2) is 0 Å². The van der Waals surface area contributed by atoms with E-state index in [9.17, 15) is 0 Å². The fourth-order valence-electron chi connectivity index (χ4n) is 7.23. The Morgan fingerprint density at radius 2 is 0.783 bits per heavy atom. The molecule has 46 heavy (non-hydrogen) atoms. The lowest BCUT2D eigenvalue weighted by Crippen LogP contribution is -1.95. The third-order valence-electron chi connectivity index (χ3n) is 10.3. The van der Waals surface area contributed by atoms with Crippen molar-refractivity contribution in [2.24, 2.45) is 0 Å². The highest BCUT2D eigenvalue weighted by Gasteiger charge is 2.16. The molecule has 0 saturated heterocycles. The standard InChI is InChI=1S/C44H40N2/c1-5-29(3)33-19-25-43-39(27-33)37-11-7-9-13-41(37)45(43)35-21-15-31(16-22-35)32-17-23-36(24-18-32)46-42-14-10-8-12-38(42)40-28-34(30(4)6-2)20-26-44(40)46/h7-30H,5-6H2,1-4H3. The number of para-hydroxylation sites is 2. The summed E-state index contributed by atoms with van der Waals surface area (Å²) in [7, 11) is 0. The van der Waals surface area contributed by atoms with E-state index in [2.05, 4.69) is 170 Å². The fourth-order valence-corrected chi connectivity index (χ4v) is 7.23. The van der Waals surface area contributed by atoms with Gasteiger partial charge >= 0.3 is 0 Å². The van der Waals surface area contributed by atoms with Crippen molar-refractivity contribution in [3.8, 4) is 22.5 Å². The molecule has 0 N–H and O–H groups in total. The van der Waals surface area contributed by atoms with Crippen molar-refractivity contribution in [2.45, 2.75) is 52.4 Å². The van der Waals surface area contributed by atoms with Gasteiger partial charge in [-0.2, -0.15) is 0 Å². The van der Waals surface area contributed by atoms with Crippen LogP contribution in [0.25, 0.3) is 66.1 Å². The van der Waals surface area contributed by atoms with Crippen molar-refractivity contribution in [1.82, 2.24) is 9.13 Å². The summed E-state index contributed by atoms with van der Waals surface area (Å²) in [5.74, 6) is 1.10. The molecule has 0 aliphatic rings. The number of benzene rings is 6. The summed E-state index contributed by atoms with van der Waals surface area (Å²) in [6.45, 7) is 9.16. The van der Waals surface area contributed by atoms with E-state index in [0.717, 1.165) is 12.8 Å². The van der Waals surface area contributed by atoms with Gasteiger partial charge in [-0.25, -0.2) is 0 Å². The predicted octanol–water partition coefficient (Wildman–Crippen LogP) is 12.6. The number of aromatic nitrogens is 2. The molecule has 2 aromatic heterocycles. The molecule has 0 saturated carbocycles. The normalized spacial score (nSPS) is 13.2. The van der Waals surface area contributed by atoms with Gasteiger partial charge in [0.1, 0.15) is 0 Å². The van der Waals surface area contributed by atoms with Crippen molar-refractivity contribution in [3.05, 3.63) is 145 Å². The second-order valence-electron chi connectivity index (χ2n) is 13.0. The van der Waals surface area contributed by atoms with Crippen molar-refractivity contribution in [1.29, 1.82) is 0 Å². The Labute approximate surface area is 271 Å². The van der Waals surface area contributed by atoms with Gasteiger partial charge in [-0.05, 0) is 108 Å². The molecule has 0 radical (unpaired) electrons. The molecule has 2 heteroatoms. The zero-order chi connectivity index (χ0) is 31.4. The first-order valence-electron chi connectivity index (χ1n) is 16.8. The van der Waals surface area contributed by atoms with Gasteiger partial charge in [-0.1, -0.05) is 100 Å². The third kappa shape index (κ3) is 4.55. The van der Waals surface area contributed by atoms with Crippen LogP contribution in [0.15, 0.2) is 133 Å². The molecule has 226 valence electrons. The summed E-state index contributed by atoms with van der Waals surface area (Å²) in [5.41, 5.74) is 12.6. The first kappa shape index (κ1) is 28.4. The van der Waals surface area contributed by atoms with E-state index in [1.165, 1.54) is 77.2 Å². The molecule has 6 aromatic carbocycles.